The molecule has 2 aliphatic heterocycles. The second-order valence-electron chi connectivity index (χ2n) is 8.95. The number of rotatable bonds is 7. The third-order valence-corrected chi connectivity index (χ3v) is 6.95. The molecule has 3 unspecified atom stereocenters. The number of likely N-dealkylation sites (tertiary alicyclic amines) is 2. The van der Waals surface area contributed by atoms with Gasteiger partial charge in [-0.3, -0.25) is 19.4 Å². The zero-order chi connectivity index (χ0) is 20.2. The van der Waals surface area contributed by atoms with Crippen LogP contribution in [0, 0.1) is 5.92 Å². The van der Waals surface area contributed by atoms with Crippen LogP contribution in [0.3, 0.4) is 0 Å². The number of hydrogen-bond acceptors (Lipinski definition) is 4. The van der Waals surface area contributed by atoms with Crippen molar-refractivity contribution in [1.29, 1.82) is 0 Å². The summed E-state index contributed by atoms with van der Waals surface area (Å²) in [4.78, 5) is 28.7. The zero-order valence-electron chi connectivity index (χ0n) is 17.2. The summed E-state index contributed by atoms with van der Waals surface area (Å²) in [5.41, 5.74) is 2.39. The fourth-order valence-electron chi connectivity index (χ4n) is 5.41. The van der Waals surface area contributed by atoms with Gasteiger partial charge in [0.2, 0.25) is 5.91 Å². The van der Waals surface area contributed by atoms with Gasteiger partial charge in [0.1, 0.15) is 6.04 Å². The van der Waals surface area contributed by atoms with E-state index in [1.165, 1.54) is 37.9 Å². The van der Waals surface area contributed by atoms with Crippen molar-refractivity contribution in [3.05, 3.63) is 35.4 Å². The number of amides is 1. The van der Waals surface area contributed by atoms with E-state index in [1.807, 2.05) is 4.90 Å². The molecule has 1 aromatic rings. The lowest BCUT2D eigenvalue weighted by Gasteiger charge is -2.32. The monoisotopic (exact) mass is 399 g/mol. The number of carboxylic acid groups (broad SMARTS) is 1. The molecule has 0 aromatic heterocycles. The number of aliphatic carboxylic acids is 1. The standard InChI is InChI=1S/C23H33N3O3/c27-22(16-26-20-6-2-1-5-19(20)13-21(26)23(28)29)24-14-17-7-9-18(10-8-17)15-25-11-3-4-12-25/h7-10,19-21H,1-6,11-16H2,(H,24,27)(H,28,29). The second-order valence-corrected chi connectivity index (χ2v) is 8.95. The van der Waals surface area contributed by atoms with Crippen LogP contribution < -0.4 is 5.32 Å². The van der Waals surface area contributed by atoms with Crippen LogP contribution in [-0.2, 0) is 22.7 Å². The smallest absolute Gasteiger partial charge is 0.320 e. The average molecular weight is 400 g/mol. The normalized spacial score (nSPS) is 27.7. The maximum atomic E-state index is 12.6. The number of carbonyl (C=O) groups is 2. The lowest BCUT2D eigenvalue weighted by atomic mass is 9.85. The van der Waals surface area contributed by atoms with E-state index in [-0.39, 0.29) is 18.5 Å². The first-order valence-corrected chi connectivity index (χ1v) is 11.2. The first kappa shape index (κ1) is 20.4. The van der Waals surface area contributed by atoms with Gasteiger partial charge in [-0.25, -0.2) is 0 Å². The van der Waals surface area contributed by atoms with Crippen molar-refractivity contribution in [2.45, 2.75) is 70.1 Å². The molecule has 2 heterocycles. The summed E-state index contributed by atoms with van der Waals surface area (Å²) >= 11 is 0. The maximum absolute atomic E-state index is 12.6. The topological polar surface area (TPSA) is 72.9 Å². The fraction of sp³-hybridized carbons (Fsp3) is 0.652. The number of carboxylic acids is 1. The molecular weight excluding hydrogens is 366 g/mol. The molecule has 3 aliphatic rings. The van der Waals surface area contributed by atoms with Gasteiger partial charge < -0.3 is 10.4 Å². The largest absolute Gasteiger partial charge is 0.480 e. The number of nitrogens with zero attached hydrogens (tertiary/aromatic N) is 2. The summed E-state index contributed by atoms with van der Waals surface area (Å²) in [7, 11) is 0. The number of benzene rings is 1. The molecule has 0 bridgehead atoms. The third-order valence-electron chi connectivity index (χ3n) is 6.95. The SMILES string of the molecule is O=C(CN1C(C(=O)O)CC2CCCCC21)NCc1ccc(CN2CCCC2)cc1. The van der Waals surface area contributed by atoms with Gasteiger partial charge >= 0.3 is 5.97 Å². The molecular formula is C23H33N3O3. The fourth-order valence-corrected chi connectivity index (χ4v) is 5.41. The Kier molecular flexibility index (Phi) is 6.50. The van der Waals surface area contributed by atoms with Crippen molar-refractivity contribution < 1.29 is 14.7 Å². The van der Waals surface area contributed by atoms with Gasteiger partial charge in [-0.05, 0) is 62.2 Å². The molecule has 4 rings (SSSR count). The Hall–Kier alpha value is -1.92. The molecule has 1 amide bonds. The minimum atomic E-state index is -0.791. The first-order chi connectivity index (χ1) is 14.1. The minimum Gasteiger partial charge on any atom is -0.480 e. The Morgan fingerprint density at radius 2 is 1.69 bits per heavy atom. The summed E-state index contributed by atoms with van der Waals surface area (Å²) in [6.07, 6.45) is 7.70. The van der Waals surface area contributed by atoms with Gasteiger partial charge in [0.05, 0.1) is 6.54 Å². The van der Waals surface area contributed by atoms with E-state index in [0.717, 1.165) is 31.4 Å². The van der Waals surface area contributed by atoms with Crippen LogP contribution in [0.15, 0.2) is 24.3 Å². The highest BCUT2D eigenvalue weighted by Gasteiger charge is 2.45. The molecule has 3 atom stereocenters. The summed E-state index contributed by atoms with van der Waals surface area (Å²) in [6, 6.07) is 8.19. The van der Waals surface area contributed by atoms with Crippen LogP contribution in [-0.4, -0.2) is 58.5 Å². The molecule has 1 saturated carbocycles. The quantitative estimate of drug-likeness (QED) is 0.737. The molecule has 1 aliphatic carbocycles. The zero-order valence-corrected chi connectivity index (χ0v) is 17.2. The van der Waals surface area contributed by atoms with Gasteiger partial charge in [-0.1, -0.05) is 37.1 Å². The van der Waals surface area contributed by atoms with Crippen LogP contribution in [0.25, 0.3) is 0 Å². The average Bonchev–Trinajstić information content (AvgIpc) is 3.36. The van der Waals surface area contributed by atoms with Crippen LogP contribution in [0.5, 0.6) is 0 Å². The van der Waals surface area contributed by atoms with Crippen molar-refractivity contribution in [1.82, 2.24) is 15.1 Å². The van der Waals surface area contributed by atoms with Crippen molar-refractivity contribution in [2.75, 3.05) is 19.6 Å². The Labute approximate surface area is 173 Å². The number of nitrogens with one attached hydrogen (secondary N) is 1. The lowest BCUT2D eigenvalue weighted by Crippen LogP contribution is -2.47. The molecule has 3 fully saturated rings. The summed E-state index contributed by atoms with van der Waals surface area (Å²) in [6.45, 7) is 4.05. The highest BCUT2D eigenvalue weighted by atomic mass is 16.4. The molecule has 2 N–H and O–H groups in total. The Morgan fingerprint density at radius 3 is 2.41 bits per heavy atom. The van der Waals surface area contributed by atoms with E-state index >= 15 is 0 Å². The van der Waals surface area contributed by atoms with Crippen molar-refractivity contribution >= 4 is 11.9 Å². The molecule has 0 spiro atoms. The van der Waals surface area contributed by atoms with Gasteiger partial charge in [-0.15, -0.1) is 0 Å². The van der Waals surface area contributed by atoms with Crippen molar-refractivity contribution in [2.24, 2.45) is 5.92 Å². The van der Waals surface area contributed by atoms with Crippen LogP contribution in [0.2, 0.25) is 0 Å². The van der Waals surface area contributed by atoms with Crippen molar-refractivity contribution in [3.63, 3.8) is 0 Å². The second kappa shape index (κ2) is 9.26. The lowest BCUT2D eigenvalue weighted by molar-refractivity contribution is -0.143. The van der Waals surface area contributed by atoms with E-state index in [0.29, 0.717) is 18.9 Å². The summed E-state index contributed by atoms with van der Waals surface area (Å²) < 4.78 is 0. The van der Waals surface area contributed by atoms with Gasteiger partial charge in [0.25, 0.3) is 0 Å². The van der Waals surface area contributed by atoms with Crippen molar-refractivity contribution in [3.8, 4) is 0 Å². The molecule has 6 heteroatoms. The molecule has 2 saturated heterocycles. The third kappa shape index (κ3) is 4.98. The van der Waals surface area contributed by atoms with E-state index in [1.54, 1.807) is 0 Å². The minimum absolute atomic E-state index is 0.0800. The maximum Gasteiger partial charge on any atom is 0.320 e. The van der Waals surface area contributed by atoms with Crippen LogP contribution in [0.1, 0.15) is 56.1 Å². The molecule has 0 radical (unpaired) electrons. The highest BCUT2D eigenvalue weighted by Crippen LogP contribution is 2.39. The van der Waals surface area contributed by atoms with Gasteiger partial charge in [0, 0.05) is 19.1 Å². The Balaban J connectivity index is 1.28. The van der Waals surface area contributed by atoms with Crippen LogP contribution in [0.4, 0.5) is 0 Å². The van der Waals surface area contributed by atoms with E-state index in [4.69, 9.17) is 0 Å². The molecule has 29 heavy (non-hydrogen) atoms. The predicted octanol–water partition coefficient (Wildman–Crippen LogP) is 2.62. The Bertz CT molecular complexity index is 715. The molecule has 158 valence electrons. The van der Waals surface area contributed by atoms with E-state index in [2.05, 4.69) is 34.5 Å². The van der Waals surface area contributed by atoms with Gasteiger partial charge in [-0.2, -0.15) is 0 Å². The van der Waals surface area contributed by atoms with Gasteiger partial charge in [0.15, 0.2) is 0 Å². The number of carbonyl (C=O) groups excluding carboxylic acids is 1. The number of fused-ring (bicyclic) bond motifs is 1. The number of hydrogen-bond donors (Lipinski definition) is 2. The highest BCUT2D eigenvalue weighted by molar-refractivity contribution is 5.80. The predicted molar refractivity (Wildman–Crippen MR) is 111 cm³/mol. The summed E-state index contributed by atoms with van der Waals surface area (Å²) in [5.74, 6) is -0.440. The molecule has 1 aromatic carbocycles. The first-order valence-electron chi connectivity index (χ1n) is 11.2. The summed E-state index contributed by atoms with van der Waals surface area (Å²) in [5, 5.41) is 12.6. The van der Waals surface area contributed by atoms with Crippen LogP contribution >= 0.6 is 0 Å². The van der Waals surface area contributed by atoms with E-state index in [9.17, 15) is 14.7 Å². The van der Waals surface area contributed by atoms with E-state index < -0.39 is 12.0 Å². The Morgan fingerprint density at radius 1 is 1.00 bits per heavy atom. The molecule has 6 nitrogen and oxygen atoms in total.